The summed E-state index contributed by atoms with van der Waals surface area (Å²) in [5.41, 5.74) is 0.565. The smallest absolute Gasteiger partial charge is 0.308 e. The molecule has 2 saturated heterocycles. The van der Waals surface area contributed by atoms with Crippen molar-refractivity contribution in [3.8, 4) is 0 Å². The molecule has 24 heavy (non-hydrogen) atoms. The third-order valence-corrected chi connectivity index (χ3v) is 4.88. The SMILES string of the molecule is C[C@@H]1CN(C(=O)C2CCN(c3ccc(F)cc3)C2=O)C[C@H]1C(=O)O. The van der Waals surface area contributed by atoms with Gasteiger partial charge >= 0.3 is 5.97 Å². The first-order chi connectivity index (χ1) is 11.4. The minimum Gasteiger partial charge on any atom is -0.481 e. The van der Waals surface area contributed by atoms with Crippen molar-refractivity contribution in [2.45, 2.75) is 13.3 Å². The van der Waals surface area contributed by atoms with Crippen molar-refractivity contribution in [1.29, 1.82) is 0 Å². The van der Waals surface area contributed by atoms with Gasteiger partial charge in [-0.2, -0.15) is 0 Å². The van der Waals surface area contributed by atoms with Crippen LogP contribution in [0.15, 0.2) is 24.3 Å². The highest BCUT2D eigenvalue weighted by atomic mass is 19.1. The molecule has 0 saturated carbocycles. The van der Waals surface area contributed by atoms with Crippen molar-refractivity contribution in [2.75, 3.05) is 24.5 Å². The van der Waals surface area contributed by atoms with Gasteiger partial charge in [-0.15, -0.1) is 0 Å². The van der Waals surface area contributed by atoms with Gasteiger partial charge in [0.2, 0.25) is 11.8 Å². The van der Waals surface area contributed by atoms with E-state index in [0.29, 0.717) is 25.2 Å². The number of amides is 2. The second kappa shape index (κ2) is 6.22. The van der Waals surface area contributed by atoms with E-state index in [1.165, 1.54) is 34.1 Å². The molecule has 6 nitrogen and oxygen atoms in total. The fraction of sp³-hybridized carbons (Fsp3) is 0.471. The van der Waals surface area contributed by atoms with Crippen LogP contribution >= 0.6 is 0 Å². The zero-order valence-electron chi connectivity index (χ0n) is 13.3. The molecule has 1 aromatic rings. The number of benzene rings is 1. The number of carbonyl (C=O) groups is 3. The van der Waals surface area contributed by atoms with Crippen LogP contribution in [0.1, 0.15) is 13.3 Å². The van der Waals surface area contributed by atoms with Gasteiger partial charge < -0.3 is 14.9 Å². The third kappa shape index (κ3) is 2.86. The van der Waals surface area contributed by atoms with Crippen LogP contribution in [-0.4, -0.2) is 47.4 Å². The van der Waals surface area contributed by atoms with Gasteiger partial charge in [-0.05, 0) is 36.6 Å². The van der Waals surface area contributed by atoms with Gasteiger partial charge in [0.1, 0.15) is 11.7 Å². The summed E-state index contributed by atoms with van der Waals surface area (Å²) >= 11 is 0. The van der Waals surface area contributed by atoms with E-state index in [1.807, 2.05) is 0 Å². The van der Waals surface area contributed by atoms with Gasteiger partial charge in [-0.25, -0.2) is 4.39 Å². The summed E-state index contributed by atoms with van der Waals surface area (Å²) in [6.07, 6.45) is 0.387. The molecule has 1 N–H and O–H groups in total. The molecule has 3 rings (SSSR count). The second-order valence-electron chi connectivity index (χ2n) is 6.47. The van der Waals surface area contributed by atoms with Crippen LogP contribution in [0, 0.1) is 23.6 Å². The lowest BCUT2D eigenvalue weighted by atomic mass is 9.99. The Labute approximate surface area is 138 Å². The molecule has 2 heterocycles. The summed E-state index contributed by atoms with van der Waals surface area (Å²) in [7, 11) is 0. The number of nitrogens with zero attached hydrogens (tertiary/aromatic N) is 2. The third-order valence-electron chi connectivity index (χ3n) is 4.88. The minimum atomic E-state index is -0.913. The molecule has 0 bridgehead atoms. The molecule has 0 radical (unpaired) electrons. The van der Waals surface area contributed by atoms with E-state index in [0.717, 1.165) is 0 Å². The van der Waals surface area contributed by atoms with E-state index in [1.54, 1.807) is 6.92 Å². The average molecular weight is 334 g/mol. The zero-order chi connectivity index (χ0) is 17.4. The monoisotopic (exact) mass is 334 g/mol. The Morgan fingerprint density at radius 2 is 1.88 bits per heavy atom. The van der Waals surface area contributed by atoms with Crippen molar-refractivity contribution in [3.05, 3.63) is 30.1 Å². The zero-order valence-corrected chi connectivity index (χ0v) is 13.3. The Morgan fingerprint density at radius 1 is 1.21 bits per heavy atom. The Kier molecular flexibility index (Phi) is 4.26. The number of carboxylic acids is 1. The van der Waals surface area contributed by atoms with Crippen LogP contribution in [0.4, 0.5) is 10.1 Å². The van der Waals surface area contributed by atoms with Crippen LogP contribution in [0.2, 0.25) is 0 Å². The van der Waals surface area contributed by atoms with Crippen molar-refractivity contribution >= 4 is 23.5 Å². The fourth-order valence-electron chi connectivity index (χ4n) is 3.48. The van der Waals surface area contributed by atoms with Gasteiger partial charge in [0.25, 0.3) is 0 Å². The molecule has 3 atom stereocenters. The molecule has 1 unspecified atom stereocenters. The normalized spacial score (nSPS) is 26.9. The van der Waals surface area contributed by atoms with Gasteiger partial charge in [-0.3, -0.25) is 14.4 Å². The predicted molar refractivity (Wildman–Crippen MR) is 83.7 cm³/mol. The topological polar surface area (TPSA) is 77.9 Å². The molecule has 7 heteroatoms. The lowest BCUT2D eigenvalue weighted by Crippen LogP contribution is -2.39. The maximum Gasteiger partial charge on any atom is 0.308 e. The van der Waals surface area contributed by atoms with Gasteiger partial charge in [0.05, 0.1) is 5.92 Å². The van der Waals surface area contributed by atoms with E-state index in [-0.39, 0.29) is 30.1 Å². The molecule has 2 aliphatic rings. The first-order valence-corrected chi connectivity index (χ1v) is 7.97. The van der Waals surface area contributed by atoms with Crippen molar-refractivity contribution in [3.63, 3.8) is 0 Å². The highest BCUT2D eigenvalue weighted by molar-refractivity contribution is 6.09. The van der Waals surface area contributed by atoms with E-state index >= 15 is 0 Å². The van der Waals surface area contributed by atoms with E-state index in [9.17, 15) is 18.8 Å². The molecule has 1 aromatic carbocycles. The van der Waals surface area contributed by atoms with Crippen LogP contribution < -0.4 is 4.90 Å². The predicted octanol–water partition coefficient (Wildman–Crippen LogP) is 1.36. The number of rotatable bonds is 3. The maximum atomic E-state index is 13.0. The van der Waals surface area contributed by atoms with Crippen LogP contribution in [0.25, 0.3) is 0 Å². The molecule has 0 spiro atoms. The standard InChI is InChI=1S/C17H19FN2O4/c1-10-8-19(9-14(10)17(23)24)15(21)13-6-7-20(16(13)22)12-4-2-11(18)3-5-12/h2-5,10,13-14H,6-9H2,1H3,(H,23,24)/t10-,13?,14-/m1/s1. The number of carboxylic acid groups (broad SMARTS) is 1. The number of carbonyl (C=O) groups excluding carboxylic acids is 2. The van der Waals surface area contributed by atoms with E-state index in [2.05, 4.69) is 0 Å². The summed E-state index contributed by atoms with van der Waals surface area (Å²) in [6, 6.07) is 5.58. The molecule has 0 aromatic heterocycles. The van der Waals surface area contributed by atoms with Crippen LogP contribution in [0.5, 0.6) is 0 Å². The molecular formula is C17H19FN2O4. The molecular weight excluding hydrogens is 315 g/mol. The number of anilines is 1. The number of hydrogen-bond acceptors (Lipinski definition) is 3. The van der Waals surface area contributed by atoms with E-state index in [4.69, 9.17) is 5.11 Å². The average Bonchev–Trinajstić information content (AvgIpc) is 3.11. The maximum absolute atomic E-state index is 13.0. The van der Waals surface area contributed by atoms with Crippen LogP contribution in [0.3, 0.4) is 0 Å². The van der Waals surface area contributed by atoms with E-state index < -0.39 is 17.8 Å². The Balaban J connectivity index is 1.70. The molecule has 2 aliphatic heterocycles. The van der Waals surface area contributed by atoms with Crippen molar-refractivity contribution in [1.82, 2.24) is 4.90 Å². The molecule has 0 aliphatic carbocycles. The Morgan fingerprint density at radius 3 is 2.46 bits per heavy atom. The minimum absolute atomic E-state index is 0.129. The molecule has 2 fully saturated rings. The fourth-order valence-corrected chi connectivity index (χ4v) is 3.48. The first-order valence-electron chi connectivity index (χ1n) is 7.97. The number of likely N-dealkylation sites (tertiary alicyclic amines) is 1. The highest BCUT2D eigenvalue weighted by Gasteiger charge is 2.44. The summed E-state index contributed by atoms with van der Waals surface area (Å²) in [6.45, 7) is 2.70. The van der Waals surface area contributed by atoms with Gasteiger partial charge in [0.15, 0.2) is 0 Å². The lowest BCUT2D eigenvalue weighted by molar-refractivity contribution is -0.142. The Hall–Kier alpha value is -2.44. The summed E-state index contributed by atoms with van der Waals surface area (Å²) in [5.74, 6) is -3.41. The summed E-state index contributed by atoms with van der Waals surface area (Å²) in [5, 5.41) is 9.17. The summed E-state index contributed by atoms with van der Waals surface area (Å²) < 4.78 is 13.0. The van der Waals surface area contributed by atoms with Crippen LogP contribution in [-0.2, 0) is 14.4 Å². The Bertz CT molecular complexity index is 676. The molecule has 128 valence electrons. The van der Waals surface area contributed by atoms with Crippen molar-refractivity contribution < 1.29 is 23.9 Å². The largest absolute Gasteiger partial charge is 0.481 e. The first kappa shape index (κ1) is 16.4. The molecule has 2 amide bonds. The summed E-state index contributed by atoms with van der Waals surface area (Å²) in [4.78, 5) is 39.3. The number of hydrogen-bond donors (Lipinski definition) is 1. The van der Waals surface area contributed by atoms with Crippen molar-refractivity contribution in [2.24, 2.45) is 17.8 Å². The highest BCUT2D eigenvalue weighted by Crippen LogP contribution is 2.30. The quantitative estimate of drug-likeness (QED) is 0.847. The van der Waals surface area contributed by atoms with Gasteiger partial charge in [0, 0.05) is 25.3 Å². The van der Waals surface area contributed by atoms with Gasteiger partial charge in [-0.1, -0.05) is 6.92 Å². The lowest BCUT2D eigenvalue weighted by Gasteiger charge is -2.20. The number of aliphatic carboxylic acids is 1. The second-order valence-corrected chi connectivity index (χ2v) is 6.47. The number of halogens is 1.